The Hall–Kier alpha value is -0.940. The summed E-state index contributed by atoms with van der Waals surface area (Å²) < 4.78 is 7.11. The minimum absolute atomic E-state index is 0.497. The van der Waals surface area contributed by atoms with Crippen LogP contribution in [0.2, 0.25) is 0 Å². The maximum Gasteiger partial charge on any atom is 0.235 e. The van der Waals surface area contributed by atoms with Gasteiger partial charge < -0.3 is 4.74 Å². The molecule has 0 N–H and O–H groups in total. The van der Waals surface area contributed by atoms with Crippen molar-refractivity contribution >= 4 is 31.9 Å². The van der Waals surface area contributed by atoms with Gasteiger partial charge in [0.1, 0.15) is 0 Å². The molecule has 2 aromatic heterocycles. The van der Waals surface area contributed by atoms with E-state index in [1.165, 1.54) is 0 Å². The molecule has 0 aliphatic rings. The minimum Gasteiger partial charge on any atom is -0.418 e. The number of nitrogens with zero attached hydrogens (tertiary/aromatic N) is 2. The molecule has 2 heterocycles. The fourth-order valence-electron chi connectivity index (χ4n) is 0.984. The van der Waals surface area contributed by atoms with Crippen molar-refractivity contribution in [1.29, 1.82) is 0 Å². The van der Waals surface area contributed by atoms with E-state index in [0.717, 1.165) is 8.95 Å². The molecule has 0 saturated heterocycles. The highest BCUT2D eigenvalue weighted by atomic mass is 79.9. The van der Waals surface area contributed by atoms with Crippen molar-refractivity contribution in [2.75, 3.05) is 0 Å². The van der Waals surface area contributed by atoms with Gasteiger partial charge in [-0.15, -0.1) is 0 Å². The molecule has 0 amide bonds. The zero-order chi connectivity index (χ0) is 10.7. The average Bonchev–Trinajstić information content (AvgIpc) is 2.24. The number of ether oxygens (including phenoxy) is 1. The number of hydrogen-bond donors (Lipinski definition) is 0. The second kappa shape index (κ2) is 4.72. The first-order valence-corrected chi connectivity index (χ1v) is 5.75. The van der Waals surface area contributed by atoms with Crippen molar-refractivity contribution in [3.05, 3.63) is 45.6 Å². The molecule has 0 atom stereocenters. The van der Waals surface area contributed by atoms with Gasteiger partial charge in [-0.25, -0.2) is 9.97 Å². The number of pyridine rings is 2. The van der Waals surface area contributed by atoms with E-state index in [1.54, 1.807) is 12.4 Å². The molecule has 2 rings (SSSR count). The third-order valence-electron chi connectivity index (χ3n) is 1.64. The third-order valence-corrected chi connectivity index (χ3v) is 2.85. The predicted octanol–water partition coefficient (Wildman–Crippen LogP) is 3.79. The van der Waals surface area contributed by atoms with Gasteiger partial charge in [0.25, 0.3) is 0 Å². The number of hydrogen-bond acceptors (Lipinski definition) is 3. The van der Waals surface area contributed by atoms with Crippen LogP contribution in [0.3, 0.4) is 0 Å². The molecule has 15 heavy (non-hydrogen) atoms. The van der Waals surface area contributed by atoms with E-state index in [-0.39, 0.29) is 0 Å². The SMILES string of the molecule is Brc1cccnc1Oc1ncccc1Br. The smallest absolute Gasteiger partial charge is 0.235 e. The Bertz CT molecular complexity index is 433. The zero-order valence-corrected chi connectivity index (χ0v) is 10.7. The lowest BCUT2D eigenvalue weighted by molar-refractivity contribution is 0.438. The fourth-order valence-corrected chi connectivity index (χ4v) is 1.66. The Morgan fingerprint density at radius 3 is 1.73 bits per heavy atom. The van der Waals surface area contributed by atoms with Crippen LogP contribution in [-0.4, -0.2) is 9.97 Å². The van der Waals surface area contributed by atoms with E-state index < -0.39 is 0 Å². The van der Waals surface area contributed by atoms with E-state index in [1.807, 2.05) is 24.3 Å². The Balaban J connectivity index is 2.30. The summed E-state index contributed by atoms with van der Waals surface area (Å²) in [5.74, 6) is 0.994. The molecule has 2 aromatic rings. The van der Waals surface area contributed by atoms with Crippen molar-refractivity contribution in [3.63, 3.8) is 0 Å². The molecule has 0 unspecified atom stereocenters. The predicted molar refractivity (Wildman–Crippen MR) is 63.9 cm³/mol. The van der Waals surface area contributed by atoms with Crippen LogP contribution in [0.5, 0.6) is 11.8 Å². The highest BCUT2D eigenvalue weighted by molar-refractivity contribution is 9.11. The van der Waals surface area contributed by atoms with Crippen molar-refractivity contribution in [3.8, 4) is 11.8 Å². The van der Waals surface area contributed by atoms with Gasteiger partial charge in [-0.1, -0.05) is 0 Å². The topological polar surface area (TPSA) is 35.0 Å². The van der Waals surface area contributed by atoms with Gasteiger partial charge in [0, 0.05) is 12.4 Å². The van der Waals surface area contributed by atoms with Gasteiger partial charge in [-0.2, -0.15) is 0 Å². The van der Waals surface area contributed by atoms with Crippen LogP contribution in [0, 0.1) is 0 Å². The Morgan fingerprint density at radius 2 is 1.33 bits per heavy atom. The normalized spacial score (nSPS) is 10.0. The minimum atomic E-state index is 0.497. The summed E-state index contributed by atoms with van der Waals surface area (Å²) in [5.41, 5.74) is 0. The molecule has 0 saturated carbocycles. The fraction of sp³-hybridized carbons (Fsp3) is 0. The van der Waals surface area contributed by atoms with Crippen molar-refractivity contribution in [2.45, 2.75) is 0 Å². The Kier molecular flexibility index (Phi) is 3.33. The van der Waals surface area contributed by atoms with Crippen LogP contribution in [0.1, 0.15) is 0 Å². The molecule has 0 aliphatic carbocycles. The van der Waals surface area contributed by atoms with Crippen LogP contribution in [0.15, 0.2) is 45.6 Å². The summed E-state index contributed by atoms with van der Waals surface area (Å²) in [6, 6.07) is 7.37. The van der Waals surface area contributed by atoms with Gasteiger partial charge in [-0.05, 0) is 56.1 Å². The van der Waals surface area contributed by atoms with E-state index in [0.29, 0.717) is 11.8 Å². The zero-order valence-electron chi connectivity index (χ0n) is 7.52. The number of aromatic nitrogens is 2. The van der Waals surface area contributed by atoms with Crippen molar-refractivity contribution in [1.82, 2.24) is 9.97 Å². The monoisotopic (exact) mass is 328 g/mol. The summed E-state index contributed by atoms with van der Waals surface area (Å²) >= 11 is 6.70. The highest BCUT2D eigenvalue weighted by Crippen LogP contribution is 2.29. The molecular formula is C10H6Br2N2O. The second-order valence-electron chi connectivity index (χ2n) is 2.68. The molecule has 0 fully saturated rings. The highest BCUT2D eigenvalue weighted by Gasteiger charge is 2.06. The van der Waals surface area contributed by atoms with Gasteiger partial charge in [0.05, 0.1) is 8.95 Å². The van der Waals surface area contributed by atoms with E-state index in [9.17, 15) is 0 Å². The Labute approximate surface area is 104 Å². The lowest BCUT2D eigenvalue weighted by Gasteiger charge is -2.05. The van der Waals surface area contributed by atoms with Gasteiger partial charge >= 0.3 is 0 Å². The lowest BCUT2D eigenvalue weighted by Crippen LogP contribution is -1.91. The lowest BCUT2D eigenvalue weighted by atomic mass is 10.5. The molecule has 0 radical (unpaired) electrons. The molecule has 0 aromatic carbocycles. The summed E-state index contributed by atoms with van der Waals surface area (Å²) in [7, 11) is 0. The molecule has 76 valence electrons. The summed E-state index contributed by atoms with van der Waals surface area (Å²) in [5, 5.41) is 0. The second-order valence-corrected chi connectivity index (χ2v) is 4.39. The standard InChI is InChI=1S/C10H6Br2N2O/c11-7-3-1-5-13-9(7)15-10-8(12)4-2-6-14-10/h1-6H. The molecule has 0 spiro atoms. The third kappa shape index (κ3) is 2.54. The van der Waals surface area contributed by atoms with Gasteiger partial charge in [0.2, 0.25) is 11.8 Å². The van der Waals surface area contributed by atoms with E-state index in [4.69, 9.17) is 4.74 Å². The van der Waals surface area contributed by atoms with E-state index >= 15 is 0 Å². The summed E-state index contributed by atoms with van der Waals surface area (Å²) in [4.78, 5) is 8.17. The van der Waals surface area contributed by atoms with Crippen LogP contribution >= 0.6 is 31.9 Å². The van der Waals surface area contributed by atoms with Gasteiger partial charge in [-0.3, -0.25) is 0 Å². The van der Waals surface area contributed by atoms with Crippen molar-refractivity contribution < 1.29 is 4.74 Å². The average molecular weight is 330 g/mol. The van der Waals surface area contributed by atoms with Crippen LogP contribution < -0.4 is 4.74 Å². The number of rotatable bonds is 2. The van der Waals surface area contributed by atoms with Crippen LogP contribution in [0.25, 0.3) is 0 Å². The van der Waals surface area contributed by atoms with E-state index in [2.05, 4.69) is 41.8 Å². The first-order chi connectivity index (χ1) is 7.27. The quantitative estimate of drug-likeness (QED) is 0.840. The first-order valence-electron chi connectivity index (χ1n) is 4.16. The summed E-state index contributed by atoms with van der Waals surface area (Å²) in [6.07, 6.45) is 3.33. The Morgan fingerprint density at radius 1 is 0.867 bits per heavy atom. The molecule has 0 aliphatic heterocycles. The maximum atomic E-state index is 5.52. The number of halogens is 2. The van der Waals surface area contributed by atoms with Crippen molar-refractivity contribution in [2.24, 2.45) is 0 Å². The molecule has 5 heteroatoms. The molecule has 3 nitrogen and oxygen atoms in total. The van der Waals surface area contributed by atoms with Gasteiger partial charge in [0.15, 0.2) is 0 Å². The first kappa shape index (κ1) is 10.6. The maximum absolute atomic E-state index is 5.52. The molecule has 0 bridgehead atoms. The molecular weight excluding hydrogens is 324 g/mol. The largest absolute Gasteiger partial charge is 0.418 e. The summed E-state index contributed by atoms with van der Waals surface area (Å²) in [6.45, 7) is 0. The van der Waals surface area contributed by atoms with Crippen LogP contribution in [-0.2, 0) is 0 Å². The van der Waals surface area contributed by atoms with Crippen LogP contribution in [0.4, 0.5) is 0 Å².